The largest absolute Gasteiger partial charge is 0.480 e. The molecule has 7 heteroatoms. The minimum Gasteiger partial charge on any atom is -0.480 e. The Hall–Kier alpha value is -2.18. The van der Waals surface area contributed by atoms with E-state index in [-0.39, 0.29) is 11.7 Å². The molecule has 17 heavy (non-hydrogen) atoms. The number of urea groups is 1. The molecule has 0 radical (unpaired) electrons. The van der Waals surface area contributed by atoms with Gasteiger partial charge in [0.25, 0.3) is 0 Å². The van der Waals surface area contributed by atoms with Gasteiger partial charge in [-0.3, -0.25) is 10.3 Å². The van der Waals surface area contributed by atoms with Gasteiger partial charge in [0.2, 0.25) is 0 Å². The third-order valence-corrected chi connectivity index (χ3v) is 2.02. The van der Waals surface area contributed by atoms with Crippen LogP contribution < -0.4 is 10.6 Å². The zero-order valence-electron chi connectivity index (χ0n) is 9.54. The van der Waals surface area contributed by atoms with E-state index in [2.05, 4.69) is 20.6 Å². The highest BCUT2D eigenvalue weighted by Gasteiger charge is 2.23. The first-order chi connectivity index (χ1) is 8.00. The molecule has 0 bridgehead atoms. The van der Waals surface area contributed by atoms with Crippen molar-refractivity contribution in [2.75, 3.05) is 5.32 Å². The molecule has 1 atom stereocenters. The fourth-order valence-corrected chi connectivity index (χ4v) is 1.17. The van der Waals surface area contributed by atoms with Gasteiger partial charge in [-0.25, -0.2) is 14.6 Å². The van der Waals surface area contributed by atoms with E-state index in [1.165, 1.54) is 18.6 Å². The van der Waals surface area contributed by atoms with Crippen LogP contribution in [0.4, 0.5) is 10.6 Å². The minimum absolute atomic E-state index is 0.208. The van der Waals surface area contributed by atoms with Crippen LogP contribution in [0.25, 0.3) is 0 Å². The van der Waals surface area contributed by atoms with Gasteiger partial charge < -0.3 is 10.4 Å². The molecule has 1 unspecified atom stereocenters. The van der Waals surface area contributed by atoms with Crippen molar-refractivity contribution in [3.63, 3.8) is 0 Å². The van der Waals surface area contributed by atoms with Gasteiger partial charge in [0.15, 0.2) is 5.82 Å². The molecular weight excluding hydrogens is 224 g/mol. The molecule has 0 saturated heterocycles. The molecule has 92 valence electrons. The molecule has 3 N–H and O–H groups in total. The first-order valence-electron chi connectivity index (χ1n) is 5.07. The Labute approximate surface area is 98.3 Å². The number of amides is 2. The standard InChI is InChI=1S/C10H14N4O3/c1-6(2)8(9(15)16)14-10(17)13-7-5-11-3-4-12-7/h3-6,8H,1-2H3,(H,15,16)(H2,12,13,14,17). The molecule has 0 aliphatic heterocycles. The van der Waals surface area contributed by atoms with Gasteiger partial charge in [-0.05, 0) is 5.92 Å². The Kier molecular flexibility index (Phi) is 4.38. The van der Waals surface area contributed by atoms with Crippen molar-refractivity contribution in [3.8, 4) is 0 Å². The fraction of sp³-hybridized carbons (Fsp3) is 0.400. The van der Waals surface area contributed by atoms with E-state index in [9.17, 15) is 9.59 Å². The number of carbonyl (C=O) groups is 2. The second-order valence-corrected chi connectivity index (χ2v) is 3.75. The van der Waals surface area contributed by atoms with Crippen LogP contribution in [0.1, 0.15) is 13.8 Å². The highest BCUT2D eigenvalue weighted by Crippen LogP contribution is 2.03. The summed E-state index contributed by atoms with van der Waals surface area (Å²) in [7, 11) is 0. The van der Waals surface area contributed by atoms with Crippen molar-refractivity contribution in [2.45, 2.75) is 19.9 Å². The van der Waals surface area contributed by atoms with Gasteiger partial charge >= 0.3 is 12.0 Å². The number of nitrogens with one attached hydrogen (secondary N) is 2. The number of nitrogens with zero attached hydrogens (tertiary/aromatic N) is 2. The number of carbonyl (C=O) groups excluding carboxylic acids is 1. The van der Waals surface area contributed by atoms with Crippen molar-refractivity contribution in [1.29, 1.82) is 0 Å². The van der Waals surface area contributed by atoms with Crippen LogP contribution in [0.15, 0.2) is 18.6 Å². The van der Waals surface area contributed by atoms with Gasteiger partial charge in [-0.1, -0.05) is 13.8 Å². The quantitative estimate of drug-likeness (QED) is 0.716. The van der Waals surface area contributed by atoms with Crippen LogP contribution in [0, 0.1) is 5.92 Å². The van der Waals surface area contributed by atoms with Crippen molar-refractivity contribution < 1.29 is 14.7 Å². The highest BCUT2D eigenvalue weighted by molar-refractivity contribution is 5.91. The summed E-state index contributed by atoms with van der Waals surface area (Å²) in [6.45, 7) is 3.42. The number of anilines is 1. The molecule has 0 spiro atoms. The molecule has 0 aliphatic rings. The lowest BCUT2D eigenvalue weighted by atomic mass is 10.1. The first kappa shape index (κ1) is 12.9. The molecule has 1 aromatic heterocycles. The summed E-state index contributed by atoms with van der Waals surface area (Å²) >= 11 is 0. The number of aromatic nitrogens is 2. The van der Waals surface area contributed by atoms with Crippen molar-refractivity contribution in [2.24, 2.45) is 5.92 Å². The monoisotopic (exact) mass is 238 g/mol. The van der Waals surface area contributed by atoms with E-state index in [1.54, 1.807) is 13.8 Å². The summed E-state index contributed by atoms with van der Waals surface area (Å²) in [5, 5.41) is 13.6. The maximum absolute atomic E-state index is 11.5. The van der Waals surface area contributed by atoms with Crippen LogP contribution in [-0.4, -0.2) is 33.1 Å². The van der Waals surface area contributed by atoms with E-state index in [0.29, 0.717) is 0 Å². The molecular formula is C10H14N4O3. The topological polar surface area (TPSA) is 104 Å². The van der Waals surface area contributed by atoms with E-state index >= 15 is 0 Å². The third kappa shape index (κ3) is 4.06. The summed E-state index contributed by atoms with van der Waals surface area (Å²) in [4.78, 5) is 29.9. The molecule has 0 saturated carbocycles. The summed E-state index contributed by atoms with van der Waals surface area (Å²) in [5.74, 6) is -1.02. The minimum atomic E-state index is -1.07. The van der Waals surface area contributed by atoms with Crippen molar-refractivity contribution in [1.82, 2.24) is 15.3 Å². The molecule has 7 nitrogen and oxygen atoms in total. The summed E-state index contributed by atoms with van der Waals surface area (Å²) < 4.78 is 0. The first-order valence-corrected chi connectivity index (χ1v) is 5.07. The molecule has 2 amide bonds. The summed E-state index contributed by atoms with van der Waals surface area (Å²) in [6, 6.07) is -1.56. The second-order valence-electron chi connectivity index (χ2n) is 3.75. The summed E-state index contributed by atoms with van der Waals surface area (Å²) in [6.07, 6.45) is 4.26. The fourth-order valence-electron chi connectivity index (χ4n) is 1.17. The van der Waals surface area contributed by atoms with Crippen LogP contribution >= 0.6 is 0 Å². The van der Waals surface area contributed by atoms with E-state index in [1.807, 2.05) is 0 Å². The lowest BCUT2D eigenvalue weighted by Gasteiger charge is -2.17. The zero-order valence-corrected chi connectivity index (χ0v) is 9.54. The Balaban J connectivity index is 2.57. The molecule has 1 rings (SSSR count). The maximum atomic E-state index is 11.5. The third-order valence-electron chi connectivity index (χ3n) is 2.02. The van der Waals surface area contributed by atoms with Gasteiger partial charge in [-0.15, -0.1) is 0 Å². The van der Waals surface area contributed by atoms with Crippen molar-refractivity contribution in [3.05, 3.63) is 18.6 Å². The number of carboxylic acids is 1. The molecule has 0 fully saturated rings. The molecule has 1 heterocycles. The van der Waals surface area contributed by atoms with Gasteiger partial charge in [-0.2, -0.15) is 0 Å². The Bertz CT molecular complexity index is 394. The van der Waals surface area contributed by atoms with Gasteiger partial charge in [0.05, 0.1) is 6.20 Å². The predicted molar refractivity (Wildman–Crippen MR) is 60.4 cm³/mol. The Morgan fingerprint density at radius 2 is 2.06 bits per heavy atom. The van der Waals surface area contributed by atoms with Gasteiger partial charge in [0, 0.05) is 12.4 Å². The van der Waals surface area contributed by atoms with Gasteiger partial charge in [0.1, 0.15) is 6.04 Å². The second kappa shape index (κ2) is 5.78. The van der Waals surface area contributed by atoms with E-state index in [0.717, 1.165) is 0 Å². The Morgan fingerprint density at radius 1 is 1.35 bits per heavy atom. The number of hydrogen-bond acceptors (Lipinski definition) is 4. The van der Waals surface area contributed by atoms with Crippen molar-refractivity contribution >= 4 is 17.8 Å². The number of carboxylic acid groups (broad SMARTS) is 1. The molecule has 0 aromatic carbocycles. The SMILES string of the molecule is CC(C)C(NC(=O)Nc1cnccn1)C(=O)O. The van der Waals surface area contributed by atoms with E-state index in [4.69, 9.17) is 5.11 Å². The summed E-state index contributed by atoms with van der Waals surface area (Å²) in [5.41, 5.74) is 0. The van der Waals surface area contributed by atoms with Crippen LogP contribution in [0.3, 0.4) is 0 Å². The van der Waals surface area contributed by atoms with E-state index < -0.39 is 18.0 Å². The van der Waals surface area contributed by atoms with Crippen LogP contribution in [0.2, 0.25) is 0 Å². The lowest BCUT2D eigenvalue weighted by molar-refractivity contribution is -0.140. The Morgan fingerprint density at radius 3 is 2.53 bits per heavy atom. The normalized spacial score (nSPS) is 11.9. The average molecular weight is 238 g/mol. The zero-order chi connectivity index (χ0) is 12.8. The number of rotatable bonds is 4. The lowest BCUT2D eigenvalue weighted by Crippen LogP contribution is -2.46. The van der Waals surface area contributed by atoms with Crippen LogP contribution in [0.5, 0.6) is 0 Å². The maximum Gasteiger partial charge on any atom is 0.326 e. The van der Waals surface area contributed by atoms with Crippen LogP contribution in [-0.2, 0) is 4.79 Å². The predicted octanol–water partition coefficient (Wildman–Crippen LogP) is 0.707. The molecule has 0 aliphatic carbocycles. The smallest absolute Gasteiger partial charge is 0.326 e. The average Bonchev–Trinajstić information content (AvgIpc) is 2.26. The molecule has 1 aromatic rings. The number of aliphatic carboxylic acids is 1. The number of hydrogen-bond donors (Lipinski definition) is 3. The highest BCUT2D eigenvalue weighted by atomic mass is 16.4.